The predicted molar refractivity (Wildman–Crippen MR) is 48.2 cm³/mol. The summed E-state index contributed by atoms with van der Waals surface area (Å²) in [5.74, 6) is -2.12. The molecule has 1 atom stereocenters. The summed E-state index contributed by atoms with van der Waals surface area (Å²) >= 11 is 0. The Morgan fingerprint density at radius 1 is 1.53 bits per heavy atom. The van der Waals surface area contributed by atoms with Crippen LogP contribution in [0.4, 0.5) is 0 Å². The van der Waals surface area contributed by atoms with E-state index in [1.807, 2.05) is 0 Å². The molecule has 1 fully saturated rings. The van der Waals surface area contributed by atoms with E-state index in [4.69, 9.17) is 5.26 Å². The second-order valence-corrected chi connectivity index (χ2v) is 3.42. The third-order valence-electron chi connectivity index (χ3n) is 2.47. The van der Waals surface area contributed by atoms with E-state index in [1.165, 1.54) is 0 Å². The molecule has 1 aliphatic rings. The van der Waals surface area contributed by atoms with Crippen molar-refractivity contribution in [2.24, 2.45) is 0 Å². The molecular formula is C9H12N3O3-. The fraction of sp³-hybridized carbons (Fsp3) is 0.667. The Kier molecular flexibility index (Phi) is 3.63. The standard InChI is InChI=1S/C9H13N3O3/c10-4-6-11-7(13)9(8(14)15)3-1-2-5-12-9/h12H,1-3,5-6H2,(H,11,13)(H,14,15)/p-1. The molecule has 6 heteroatoms. The second-order valence-electron chi connectivity index (χ2n) is 3.42. The van der Waals surface area contributed by atoms with Gasteiger partial charge in [-0.15, -0.1) is 0 Å². The average molecular weight is 210 g/mol. The normalized spacial score (nSPS) is 25.3. The van der Waals surface area contributed by atoms with Crippen molar-refractivity contribution in [2.75, 3.05) is 13.1 Å². The van der Waals surface area contributed by atoms with Gasteiger partial charge in [0.1, 0.15) is 12.1 Å². The number of amides is 1. The highest BCUT2D eigenvalue weighted by atomic mass is 16.4. The van der Waals surface area contributed by atoms with Gasteiger partial charge in [-0.2, -0.15) is 5.26 Å². The van der Waals surface area contributed by atoms with Crippen molar-refractivity contribution < 1.29 is 14.7 Å². The number of piperidine rings is 1. The first-order chi connectivity index (χ1) is 7.13. The number of carbonyl (C=O) groups excluding carboxylic acids is 2. The first-order valence-electron chi connectivity index (χ1n) is 4.75. The molecule has 82 valence electrons. The number of hydrogen-bond donors (Lipinski definition) is 2. The summed E-state index contributed by atoms with van der Waals surface area (Å²) in [4.78, 5) is 22.5. The molecule has 0 aromatic carbocycles. The predicted octanol–water partition coefficient (Wildman–Crippen LogP) is -2.11. The summed E-state index contributed by atoms with van der Waals surface area (Å²) in [5, 5.41) is 24.1. The van der Waals surface area contributed by atoms with Crippen LogP contribution in [0.2, 0.25) is 0 Å². The number of carboxylic acid groups (broad SMARTS) is 1. The molecule has 0 bridgehead atoms. The minimum atomic E-state index is -1.66. The van der Waals surface area contributed by atoms with Crippen LogP contribution in [0.1, 0.15) is 19.3 Å². The maximum atomic E-state index is 11.6. The highest BCUT2D eigenvalue weighted by molar-refractivity contribution is 6.06. The van der Waals surface area contributed by atoms with Gasteiger partial charge in [-0.25, -0.2) is 0 Å². The van der Waals surface area contributed by atoms with Gasteiger partial charge in [0.2, 0.25) is 5.91 Å². The Morgan fingerprint density at radius 2 is 2.27 bits per heavy atom. The molecule has 0 aromatic rings. The van der Waals surface area contributed by atoms with Gasteiger partial charge in [0.05, 0.1) is 12.0 Å². The number of hydrogen-bond acceptors (Lipinski definition) is 5. The van der Waals surface area contributed by atoms with Crippen molar-refractivity contribution in [1.82, 2.24) is 10.6 Å². The zero-order valence-electron chi connectivity index (χ0n) is 8.21. The molecule has 1 aliphatic heterocycles. The van der Waals surface area contributed by atoms with E-state index in [1.54, 1.807) is 6.07 Å². The molecule has 1 unspecified atom stereocenters. The van der Waals surface area contributed by atoms with Crippen molar-refractivity contribution in [3.05, 3.63) is 0 Å². The first kappa shape index (κ1) is 11.5. The number of nitrogens with one attached hydrogen (secondary N) is 2. The Bertz CT molecular complexity index is 302. The number of carboxylic acids is 1. The molecule has 0 aliphatic carbocycles. The number of rotatable bonds is 3. The lowest BCUT2D eigenvalue weighted by molar-refractivity contribution is -0.313. The monoisotopic (exact) mass is 210 g/mol. The Labute approximate surface area is 87.3 Å². The van der Waals surface area contributed by atoms with Crippen LogP contribution in [-0.4, -0.2) is 30.5 Å². The van der Waals surface area contributed by atoms with E-state index >= 15 is 0 Å². The summed E-state index contributed by atoms with van der Waals surface area (Å²) in [6, 6.07) is 1.72. The van der Waals surface area contributed by atoms with Gasteiger partial charge in [-0.3, -0.25) is 10.1 Å². The van der Waals surface area contributed by atoms with Gasteiger partial charge in [-0.1, -0.05) is 0 Å². The number of nitrogens with zero attached hydrogens (tertiary/aromatic N) is 1. The zero-order chi connectivity index (χ0) is 11.3. The minimum Gasteiger partial charge on any atom is -0.548 e. The molecule has 6 nitrogen and oxygen atoms in total. The Morgan fingerprint density at radius 3 is 2.73 bits per heavy atom. The van der Waals surface area contributed by atoms with Gasteiger partial charge in [-0.05, 0) is 25.8 Å². The first-order valence-corrected chi connectivity index (χ1v) is 4.75. The molecule has 15 heavy (non-hydrogen) atoms. The quantitative estimate of drug-likeness (QED) is 0.409. The smallest absolute Gasteiger partial charge is 0.246 e. The molecule has 2 N–H and O–H groups in total. The van der Waals surface area contributed by atoms with Crippen LogP contribution in [0.15, 0.2) is 0 Å². The van der Waals surface area contributed by atoms with Crippen molar-refractivity contribution >= 4 is 11.9 Å². The van der Waals surface area contributed by atoms with E-state index < -0.39 is 17.4 Å². The van der Waals surface area contributed by atoms with Crippen LogP contribution in [0, 0.1) is 11.3 Å². The number of nitriles is 1. The molecule has 0 radical (unpaired) electrons. The third kappa shape index (κ3) is 2.25. The topological polar surface area (TPSA) is 105 Å². The molecular weight excluding hydrogens is 198 g/mol. The highest BCUT2D eigenvalue weighted by Gasteiger charge is 2.40. The fourth-order valence-electron chi connectivity index (χ4n) is 1.64. The van der Waals surface area contributed by atoms with E-state index in [2.05, 4.69) is 10.6 Å². The molecule has 0 spiro atoms. The molecule has 0 aromatic heterocycles. The van der Waals surface area contributed by atoms with Crippen LogP contribution in [0.5, 0.6) is 0 Å². The zero-order valence-corrected chi connectivity index (χ0v) is 8.21. The van der Waals surface area contributed by atoms with Gasteiger partial charge in [0, 0.05) is 0 Å². The second kappa shape index (κ2) is 4.75. The summed E-state index contributed by atoms with van der Waals surface area (Å²) in [6.07, 6.45) is 1.69. The largest absolute Gasteiger partial charge is 0.548 e. The SMILES string of the molecule is N#CCNC(=O)C1(C(=O)[O-])CCCCN1. The van der Waals surface area contributed by atoms with Crippen LogP contribution in [-0.2, 0) is 9.59 Å². The third-order valence-corrected chi connectivity index (χ3v) is 2.47. The summed E-state index contributed by atoms with van der Waals surface area (Å²) in [7, 11) is 0. The highest BCUT2D eigenvalue weighted by Crippen LogP contribution is 2.18. The van der Waals surface area contributed by atoms with Crippen LogP contribution < -0.4 is 15.7 Å². The molecule has 1 saturated heterocycles. The van der Waals surface area contributed by atoms with Crippen molar-refractivity contribution in [2.45, 2.75) is 24.8 Å². The number of carbonyl (C=O) groups is 2. The average Bonchev–Trinajstić information content (AvgIpc) is 2.26. The maximum Gasteiger partial charge on any atom is 0.246 e. The summed E-state index contributed by atoms with van der Waals surface area (Å²) in [6.45, 7) is 0.267. The maximum absolute atomic E-state index is 11.6. The number of aliphatic carboxylic acids is 1. The molecule has 0 saturated carbocycles. The van der Waals surface area contributed by atoms with Crippen molar-refractivity contribution in [1.29, 1.82) is 5.26 Å². The lowest BCUT2D eigenvalue weighted by Gasteiger charge is -2.37. The molecule has 1 amide bonds. The lowest BCUT2D eigenvalue weighted by atomic mass is 9.88. The van der Waals surface area contributed by atoms with Crippen molar-refractivity contribution in [3.8, 4) is 6.07 Å². The van der Waals surface area contributed by atoms with E-state index in [0.717, 1.165) is 6.42 Å². The molecule has 1 heterocycles. The van der Waals surface area contributed by atoms with E-state index in [0.29, 0.717) is 13.0 Å². The van der Waals surface area contributed by atoms with Crippen LogP contribution in [0.3, 0.4) is 0 Å². The van der Waals surface area contributed by atoms with Crippen LogP contribution in [0.25, 0.3) is 0 Å². The molecule has 1 rings (SSSR count). The summed E-state index contributed by atoms with van der Waals surface area (Å²) in [5.41, 5.74) is -1.66. The van der Waals surface area contributed by atoms with E-state index in [-0.39, 0.29) is 13.0 Å². The van der Waals surface area contributed by atoms with Crippen LogP contribution >= 0.6 is 0 Å². The van der Waals surface area contributed by atoms with Gasteiger partial charge < -0.3 is 15.2 Å². The minimum absolute atomic E-state index is 0.199. The van der Waals surface area contributed by atoms with E-state index in [9.17, 15) is 14.7 Å². The van der Waals surface area contributed by atoms with Gasteiger partial charge in [0.25, 0.3) is 0 Å². The fourth-order valence-corrected chi connectivity index (χ4v) is 1.64. The van der Waals surface area contributed by atoms with Gasteiger partial charge >= 0.3 is 0 Å². The Balaban J connectivity index is 2.76. The Hall–Kier alpha value is -1.61. The summed E-state index contributed by atoms with van der Waals surface area (Å²) < 4.78 is 0. The van der Waals surface area contributed by atoms with Crippen molar-refractivity contribution in [3.63, 3.8) is 0 Å². The van der Waals surface area contributed by atoms with Gasteiger partial charge in [0.15, 0.2) is 0 Å². The lowest BCUT2D eigenvalue weighted by Crippen LogP contribution is -2.67.